The molecular formula is C12H16ClNO2. The van der Waals surface area contributed by atoms with Crippen molar-refractivity contribution in [1.82, 2.24) is 4.90 Å². The molecule has 0 atom stereocenters. The number of carbonyl (C=O) groups is 1. The number of ketones is 1. The normalized spacial score (nSPS) is 10.6. The molecule has 0 aliphatic rings. The Kier molecular flexibility index (Phi) is 4.77. The third-order valence-electron chi connectivity index (χ3n) is 2.21. The zero-order chi connectivity index (χ0) is 12.1. The van der Waals surface area contributed by atoms with Gasteiger partial charge in [-0.15, -0.1) is 11.6 Å². The second-order valence-electron chi connectivity index (χ2n) is 3.82. The highest BCUT2D eigenvalue weighted by molar-refractivity contribution is 6.17. The molecule has 0 aliphatic heterocycles. The first-order valence-corrected chi connectivity index (χ1v) is 5.52. The van der Waals surface area contributed by atoms with Crippen LogP contribution in [0.25, 0.3) is 0 Å². The number of benzene rings is 1. The van der Waals surface area contributed by atoms with Crippen LogP contribution in [0.4, 0.5) is 0 Å². The van der Waals surface area contributed by atoms with Crippen LogP contribution in [0.2, 0.25) is 0 Å². The molecule has 88 valence electrons. The summed E-state index contributed by atoms with van der Waals surface area (Å²) in [5.74, 6) is 1.14. The summed E-state index contributed by atoms with van der Waals surface area (Å²) in [6.45, 7) is 0.397. The predicted octanol–water partition coefficient (Wildman–Crippen LogP) is 2.18. The molecule has 1 aromatic rings. The van der Waals surface area contributed by atoms with Gasteiger partial charge in [0.25, 0.3) is 0 Å². The van der Waals surface area contributed by atoms with Crippen LogP contribution in [-0.2, 0) is 5.88 Å². The molecule has 0 saturated heterocycles. The van der Waals surface area contributed by atoms with Gasteiger partial charge < -0.3 is 9.64 Å². The first-order chi connectivity index (χ1) is 7.58. The second-order valence-corrected chi connectivity index (χ2v) is 4.09. The van der Waals surface area contributed by atoms with E-state index in [4.69, 9.17) is 16.3 Å². The van der Waals surface area contributed by atoms with Crippen LogP contribution in [-0.4, -0.2) is 38.4 Å². The molecule has 0 bridgehead atoms. The Balaban J connectivity index is 2.94. The Bertz CT molecular complexity index is 377. The standard InChI is InChI=1S/C12H16ClNO2/c1-14(2)8-11(15)9-4-5-12(16-3)10(6-9)7-13/h4-6H,7-8H2,1-3H3. The van der Waals surface area contributed by atoms with Gasteiger partial charge >= 0.3 is 0 Å². The molecule has 0 heterocycles. The highest BCUT2D eigenvalue weighted by atomic mass is 35.5. The van der Waals surface area contributed by atoms with E-state index in [0.717, 1.165) is 11.3 Å². The molecule has 16 heavy (non-hydrogen) atoms. The van der Waals surface area contributed by atoms with Gasteiger partial charge in [-0.3, -0.25) is 4.79 Å². The van der Waals surface area contributed by atoms with E-state index in [1.54, 1.807) is 25.3 Å². The molecule has 0 radical (unpaired) electrons. The topological polar surface area (TPSA) is 29.5 Å². The summed E-state index contributed by atoms with van der Waals surface area (Å²) >= 11 is 5.79. The van der Waals surface area contributed by atoms with E-state index in [1.807, 2.05) is 19.0 Å². The van der Waals surface area contributed by atoms with Crippen LogP contribution in [0, 0.1) is 0 Å². The van der Waals surface area contributed by atoms with Crippen molar-refractivity contribution < 1.29 is 9.53 Å². The molecule has 0 aliphatic carbocycles. The SMILES string of the molecule is COc1ccc(C(=O)CN(C)C)cc1CCl. The fourth-order valence-corrected chi connectivity index (χ4v) is 1.64. The first kappa shape index (κ1) is 13.0. The molecule has 1 rings (SSSR count). The van der Waals surface area contributed by atoms with E-state index >= 15 is 0 Å². The van der Waals surface area contributed by atoms with Gasteiger partial charge in [-0.1, -0.05) is 0 Å². The minimum absolute atomic E-state index is 0.0824. The fourth-order valence-electron chi connectivity index (χ4n) is 1.43. The predicted molar refractivity (Wildman–Crippen MR) is 65.4 cm³/mol. The minimum atomic E-state index is 0.0824. The van der Waals surface area contributed by atoms with Crippen molar-refractivity contribution in [3.05, 3.63) is 29.3 Å². The number of hydrogen-bond donors (Lipinski definition) is 0. The van der Waals surface area contributed by atoms with E-state index < -0.39 is 0 Å². The number of halogens is 1. The highest BCUT2D eigenvalue weighted by Crippen LogP contribution is 2.21. The average molecular weight is 242 g/mol. The number of rotatable bonds is 5. The number of likely N-dealkylation sites (N-methyl/N-ethyl adjacent to an activating group) is 1. The van der Waals surface area contributed by atoms with Crippen molar-refractivity contribution >= 4 is 17.4 Å². The highest BCUT2D eigenvalue weighted by Gasteiger charge is 2.10. The molecule has 3 nitrogen and oxygen atoms in total. The number of nitrogens with zero attached hydrogens (tertiary/aromatic N) is 1. The van der Waals surface area contributed by atoms with Crippen molar-refractivity contribution in [3.8, 4) is 5.75 Å². The molecule has 4 heteroatoms. The van der Waals surface area contributed by atoms with Gasteiger partial charge in [0.15, 0.2) is 5.78 Å². The lowest BCUT2D eigenvalue weighted by atomic mass is 10.1. The van der Waals surface area contributed by atoms with Gasteiger partial charge in [-0.2, -0.15) is 0 Å². The van der Waals surface area contributed by atoms with Gasteiger partial charge in [0.1, 0.15) is 5.75 Å². The van der Waals surface area contributed by atoms with Crippen LogP contribution in [0.5, 0.6) is 5.75 Å². The molecule has 0 N–H and O–H groups in total. The number of ether oxygens (including phenoxy) is 1. The lowest BCUT2D eigenvalue weighted by Crippen LogP contribution is -2.21. The van der Waals surface area contributed by atoms with Crippen LogP contribution in [0.1, 0.15) is 15.9 Å². The van der Waals surface area contributed by atoms with Gasteiger partial charge in [0.05, 0.1) is 19.5 Å². The molecule has 0 aromatic heterocycles. The Morgan fingerprint density at radius 3 is 2.62 bits per heavy atom. The van der Waals surface area contributed by atoms with Crippen LogP contribution < -0.4 is 4.74 Å². The van der Waals surface area contributed by atoms with Gasteiger partial charge in [0.2, 0.25) is 0 Å². The summed E-state index contributed by atoms with van der Waals surface area (Å²) in [6, 6.07) is 5.33. The summed E-state index contributed by atoms with van der Waals surface area (Å²) in [5.41, 5.74) is 1.51. The van der Waals surface area contributed by atoms with Crippen molar-refractivity contribution in [2.24, 2.45) is 0 Å². The van der Waals surface area contributed by atoms with Gasteiger partial charge in [-0.05, 0) is 32.3 Å². The number of alkyl halides is 1. The summed E-state index contributed by atoms with van der Waals surface area (Å²) in [4.78, 5) is 13.6. The second kappa shape index (κ2) is 5.87. The lowest BCUT2D eigenvalue weighted by molar-refractivity contribution is 0.0957. The maximum absolute atomic E-state index is 11.8. The summed E-state index contributed by atoms with van der Waals surface area (Å²) < 4.78 is 5.15. The summed E-state index contributed by atoms with van der Waals surface area (Å²) in [5, 5.41) is 0. The quantitative estimate of drug-likeness (QED) is 0.585. The maximum atomic E-state index is 11.8. The van der Waals surface area contributed by atoms with Crippen molar-refractivity contribution in [2.45, 2.75) is 5.88 Å². The van der Waals surface area contributed by atoms with E-state index in [1.165, 1.54) is 0 Å². The largest absolute Gasteiger partial charge is 0.496 e. The molecule has 0 spiro atoms. The Labute approximate surface area is 101 Å². The zero-order valence-corrected chi connectivity index (χ0v) is 10.5. The Morgan fingerprint density at radius 1 is 1.44 bits per heavy atom. The molecule has 0 amide bonds. The van der Waals surface area contributed by atoms with E-state index in [-0.39, 0.29) is 5.78 Å². The van der Waals surface area contributed by atoms with Gasteiger partial charge in [-0.25, -0.2) is 0 Å². The van der Waals surface area contributed by atoms with E-state index in [2.05, 4.69) is 0 Å². The number of carbonyl (C=O) groups excluding carboxylic acids is 1. The molecule has 1 aromatic carbocycles. The summed E-state index contributed by atoms with van der Waals surface area (Å²) in [6.07, 6.45) is 0. The van der Waals surface area contributed by atoms with Crippen LogP contribution in [0.3, 0.4) is 0 Å². The Morgan fingerprint density at radius 2 is 2.12 bits per heavy atom. The average Bonchev–Trinajstić information content (AvgIpc) is 2.27. The lowest BCUT2D eigenvalue weighted by Gasteiger charge is -2.11. The van der Waals surface area contributed by atoms with Crippen LogP contribution in [0.15, 0.2) is 18.2 Å². The number of methoxy groups -OCH3 is 1. The number of Topliss-reactive ketones (excluding diaryl/α,β-unsaturated/α-hetero) is 1. The van der Waals surface area contributed by atoms with Gasteiger partial charge in [0, 0.05) is 11.1 Å². The fraction of sp³-hybridized carbons (Fsp3) is 0.417. The molecular weight excluding hydrogens is 226 g/mol. The zero-order valence-electron chi connectivity index (χ0n) is 9.79. The van der Waals surface area contributed by atoms with Crippen LogP contribution >= 0.6 is 11.6 Å². The smallest absolute Gasteiger partial charge is 0.176 e. The molecule has 0 saturated carbocycles. The van der Waals surface area contributed by atoms with E-state index in [9.17, 15) is 4.79 Å². The van der Waals surface area contributed by atoms with Crippen molar-refractivity contribution in [3.63, 3.8) is 0 Å². The van der Waals surface area contributed by atoms with Crippen molar-refractivity contribution in [2.75, 3.05) is 27.7 Å². The first-order valence-electron chi connectivity index (χ1n) is 4.99. The third-order valence-corrected chi connectivity index (χ3v) is 2.49. The van der Waals surface area contributed by atoms with E-state index in [0.29, 0.717) is 18.0 Å². The Hall–Kier alpha value is -1.06. The minimum Gasteiger partial charge on any atom is -0.496 e. The number of hydrogen-bond acceptors (Lipinski definition) is 3. The molecule has 0 fully saturated rings. The third kappa shape index (κ3) is 3.22. The molecule has 0 unspecified atom stereocenters. The van der Waals surface area contributed by atoms with Crippen molar-refractivity contribution in [1.29, 1.82) is 0 Å². The summed E-state index contributed by atoms with van der Waals surface area (Å²) in [7, 11) is 5.32. The maximum Gasteiger partial charge on any atom is 0.176 e. The monoisotopic (exact) mass is 241 g/mol.